The van der Waals surface area contributed by atoms with Crippen molar-refractivity contribution >= 4 is 34.1 Å². The van der Waals surface area contributed by atoms with E-state index in [2.05, 4.69) is 23.5 Å². The van der Waals surface area contributed by atoms with Crippen LogP contribution in [0.3, 0.4) is 0 Å². The van der Waals surface area contributed by atoms with E-state index in [1.54, 1.807) is 11.8 Å². The van der Waals surface area contributed by atoms with Crippen molar-refractivity contribution in [2.75, 3.05) is 23.9 Å². The minimum atomic E-state index is 0.659. The normalized spacial score (nSPS) is 11.1. The molecule has 0 saturated carbocycles. The molecule has 0 saturated heterocycles. The van der Waals surface area contributed by atoms with Crippen LogP contribution in [0.25, 0.3) is 0 Å². The molecule has 0 radical (unpaired) electrons. The van der Waals surface area contributed by atoms with Gasteiger partial charge in [0, 0.05) is 6.54 Å². The number of hydrogen-bond donors (Lipinski definition) is 2. The zero-order chi connectivity index (χ0) is 13.4. The molecular formula is C13H25N3S2. The number of nitrogens with one attached hydrogen (secondary N) is 1. The molecule has 0 aliphatic carbocycles. The van der Waals surface area contributed by atoms with Gasteiger partial charge in [-0.25, -0.2) is 0 Å². The zero-order valence-electron chi connectivity index (χ0n) is 11.7. The number of nitrogens with zero attached hydrogens (tertiary/aromatic N) is 1. The van der Waals surface area contributed by atoms with Crippen LogP contribution < -0.4 is 11.1 Å². The maximum atomic E-state index is 5.79. The Morgan fingerprint density at radius 3 is 2.67 bits per heavy atom. The third-order valence-electron chi connectivity index (χ3n) is 2.87. The number of nitrogens with two attached hydrogens (primary N) is 1. The fourth-order valence-electron chi connectivity index (χ4n) is 1.84. The van der Waals surface area contributed by atoms with Crippen LogP contribution in [0.4, 0.5) is 10.8 Å². The first-order valence-electron chi connectivity index (χ1n) is 6.68. The smallest absolute Gasteiger partial charge is 0.153 e. The fourth-order valence-corrected chi connectivity index (χ4v) is 3.40. The average Bonchev–Trinajstić information content (AvgIpc) is 2.68. The summed E-state index contributed by atoms with van der Waals surface area (Å²) < 4.78 is 4.17. The highest BCUT2D eigenvalue weighted by atomic mass is 32.2. The Balaban J connectivity index is 2.10. The molecule has 0 atom stereocenters. The highest BCUT2D eigenvalue weighted by Gasteiger charge is 2.09. The predicted octanol–water partition coefficient (Wildman–Crippen LogP) is 4.47. The second-order valence-electron chi connectivity index (χ2n) is 4.95. The van der Waals surface area contributed by atoms with E-state index in [-0.39, 0.29) is 0 Å². The second kappa shape index (κ2) is 8.64. The van der Waals surface area contributed by atoms with Crippen LogP contribution in [0.2, 0.25) is 0 Å². The van der Waals surface area contributed by atoms with E-state index < -0.39 is 0 Å². The number of aromatic nitrogens is 1. The lowest BCUT2D eigenvalue weighted by Crippen LogP contribution is -2.01. The van der Waals surface area contributed by atoms with Gasteiger partial charge in [-0.3, -0.25) is 0 Å². The molecule has 3 N–H and O–H groups in total. The van der Waals surface area contributed by atoms with Crippen molar-refractivity contribution < 1.29 is 0 Å². The molecule has 1 heterocycles. The van der Waals surface area contributed by atoms with Gasteiger partial charge >= 0.3 is 0 Å². The van der Waals surface area contributed by atoms with Gasteiger partial charge in [0.2, 0.25) is 0 Å². The Labute approximate surface area is 119 Å². The Hall–Kier alpha value is -0.420. The second-order valence-corrected chi connectivity index (χ2v) is 6.54. The van der Waals surface area contributed by atoms with Crippen molar-refractivity contribution in [1.29, 1.82) is 0 Å². The van der Waals surface area contributed by atoms with Crippen LogP contribution in [0, 0.1) is 5.92 Å². The lowest BCUT2D eigenvalue weighted by atomic mass is 10.0. The van der Waals surface area contributed by atoms with Gasteiger partial charge in [-0.05, 0) is 30.1 Å². The van der Waals surface area contributed by atoms with Gasteiger partial charge in [0.25, 0.3) is 0 Å². The molecule has 0 amide bonds. The van der Waals surface area contributed by atoms with Crippen LogP contribution >= 0.6 is 23.3 Å². The molecule has 3 nitrogen and oxygen atoms in total. The highest BCUT2D eigenvalue weighted by molar-refractivity contribution is 7.99. The Morgan fingerprint density at radius 2 is 2.00 bits per heavy atom. The Morgan fingerprint density at radius 1 is 1.28 bits per heavy atom. The van der Waals surface area contributed by atoms with E-state index >= 15 is 0 Å². The minimum absolute atomic E-state index is 0.659. The lowest BCUT2D eigenvalue weighted by molar-refractivity contribution is 0.523. The number of hydrogen-bond acceptors (Lipinski definition) is 5. The van der Waals surface area contributed by atoms with Crippen molar-refractivity contribution in [2.45, 2.75) is 50.8 Å². The molecule has 0 aliphatic heterocycles. The van der Waals surface area contributed by atoms with Crippen molar-refractivity contribution in [3.05, 3.63) is 0 Å². The molecular weight excluding hydrogens is 262 g/mol. The molecule has 0 aliphatic rings. The van der Waals surface area contributed by atoms with Gasteiger partial charge in [0.05, 0.1) is 4.90 Å². The summed E-state index contributed by atoms with van der Waals surface area (Å²) in [5.74, 6) is 1.50. The van der Waals surface area contributed by atoms with Gasteiger partial charge < -0.3 is 11.1 Å². The van der Waals surface area contributed by atoms with Gasteiger partial charge in [0.1, 0.15) is 5.00 Å². The molecule has 0 unspecified atom stereocenters. The summed E-state index contributed by atoms with van der Waals surface area (Å²) in [6.45, 7) is 5.61. The first-order valence-corrected chi connectivity index (χ1v) is 8.68. The van der Waals surface area contributed by atoms with E-state index in [0.717, 1.165) is 22.4 Å². The summed E-state index contributed by atoms with van der Waals surface area (Å²) in [7, 11) is 0. The predicted molar refractivity (Wildman–Crippen MR) is 84.7 cm³/mol. The molecule has 1 aromatic rings. The van der Waals surface area contributed by atoms with Gasteiger partial charge in [0.15, 0.2) is 5.82 Å². The summed E-state index contributed by atoms with van der Waals surface area (Å²) in [5, 5.41) is 4.57. The third-order valence-corrected chi connectivity index (χ3v) is 4.64. The first kappa shape index (κ1) is 15.6. The van der Waals surface area contributed by atoms with Crippen molar-refractivity contribution in [3.63, 3.8) is 0 Å². The molecule has 0 aromatic carbocycles. The maximum Gasteiger partial charge on any atom is 0.153 e. The van der Waals surface area contributed by atoms with Gasteiger partial charge in [-0.15, -0.1) is 11.8 Å². The van der Waals surface area contributed by atoms with Gasteiger partial charge in [-0.2, -0.15) is 4.37 Å². The standard InChI is InChI=1S/C13H25N3S2/c1-10(2)8-6-4-5-7-9-15-13-11(17-3)12(14)16-18-13/h10,15H,4-9H2,1-3H3,(H2,14,16). The van der Waals surface area contributed by atoms with Crippen molar-refractivity contribution in [3.8, 4) is 0 Å². The maximum absolute atomic E-state index is 5.79. The quantitative estimate of drug-likeness (QED) is 0.520. The lowest BCUT2D eigenvalue weighted by Gasteiger charge is -2.06. The topological polar surface area (TPSA) is 50.9 Å². The van der Waals surface area contributed by atoms with Crippen LogP contribution in [-0.4, -0.2) is 17.2 Å². The molecule has 1 rings (SSSR count). The Bertz CT molecular complexity index is 337. The van der Waals surface area contributed by atoms with Gasteiger partial charge in [-0.1, -0.05) is 39.5 Å². The molecule has 104 valence electrons. The highest BCUT2D eigenvalue weighted by Crippen LogP contribution is 2.34. The number of rotatable bonds is 9. The zero-order valence-corrected chi connectivity index (χ0v) is 13.3. The van der Waals surface area contributed by atoms with Crippen LogP contribution in [0.15, 0.2) is 4.90 Å². The van der Waals surface area contributed by atoms with E-state index in [1.165, 1.54) is 43.6 Å². The number of nitrogen functional groups attached to an aromatic ring is 1. The first-order chi connectivity index (χ1) is 8.65. The number of unbranched alkanes of at least 4 members (excludes halogenated alkanes) is 3. The largest absolute Gasteiger partial charge is 0.382 e. The van der Waals surface area contributed by atoms with Crippen molar-refractivity contribution in [1.82, 2.24) is 4.37 Å². The molecule has 0 bridgehead atoms. The third kappa shape index (κ3) is 5.48. The van der Waals surface area contributed by atoms with E-state index in [9.17, 15) is 0 Å². The van der Waals surface area contributed by atoms with E-state index in [4.69, 9.17) is 5.73 Å². The van der Waals surface area contributed by atoms with Crippen LogP contribution in [0.1, 0.15) is 46.0 Å². The monoisotopic (exact) mass is 287 g/mol. The summed E-state index contributed by atoms with van der Waals surface area (Å²) in [6.07, 6.45) is 8.64. The average molecular weight is 287 g/mol. The SMILES string of the molecule is CSc1c(N)nsc1NCCCCCCC(C)C. The molecule has 0 spiro atoms. The van der Waals surface area contributed by atoms with Crippen LogP contribution in [-0.2, 0) is 0 Å². The molecule has 5 heteroatoms. The summed E-state index contributed by atoms with van der Waals surface area (Å²) in [6, 6.07) is 0. The Kier molecular flexibility index (Phi) is 7.51. The van der Waals surface area contributed by atoms with Crippen molar-refractivity contribution in [2.24, 2.45) is 5.92 Å². The number of anilines is 2. The molecule has 1 aromatic heterocycles. The molecule has 0 fully saturated rings. The summed E-state index contributed by atoms with van der Waals surface area (Å²) in [4.78, 5) is 1.10. The summed E-state index contributed by atoms with van der Waals surface area (Å²) >= 11 is 3.13. The van der Waals surface area contributed by atoms with E-state index in [1.807, 2.05) is 6.26 Å². The van der Waals surface area contributed by atoms with Crippen LogP contribution in [0.5, 0.6) is 0 Å². The molecule has 18 heavy (non-hydrogen) atoms. The number of thioether (sulfide) groups is 1. The summed E-state index contributed by atoms with van der Waals surface area (Å²) in [5.41, 5.74) is 5.79. The van der Waals surface area contributed by atoms with E-state index in [0.29, 0.717) is 5.82 Å². The fraction of sp³-hybridized carbons (Fsp3) is 0.769. The minimum Gasteiger partial charge on any atom is -0.382 e.